The average Bonchev–Trinajstić information content (AvgIpc) is 3.17. The van der Waals surface area contributed by atoms with Gasteiger partial charge in [0.25, 0.3) is 5.91 Å². The summed E-state index contributed by atoms with van der Waals surface area (Å²) >= 11 is 0. The number of morpholine rings is 1. The molecule has 2 aromatic heterocycles. The number of halogens is 2. The molecule has 1 unspecified atom stereocenters. The predicted octanol–water partition coefficient (Wildman–Crippen LogP) is 2.16. The summed E-state index contributed by atoms with van der Waals surface area (Å²) in [5, 5.41) is 0.656. The lowest BCUT2D eigenvalue weighted by Gasteiger charge is -2.32. The molecule has 0 spiro atoms. The predicted molar refractivity (Wildman–Crippen MR) is 91.4 cm³/mol. The van der Waals surface area contributed by atoms with Crippen molar-refractivity contribution in [3.8, 4) is 5.75 Å². The van der Waals surface area contributed by atoms with Crippen LogP contribution < -0.4 is 4.74 Å². The number of amides is 1. The Kier molecular flexibility index (Phi) is 4.68. The van der Waals surface area contributed by atoms with Gasteiger partial charge in [-0.2, -0.15) is 0 Å². The number of aromatic amines is 1. The Labute approximate surface area is 152 Å². The molecule has 0 radical (unpaired) electrons. The molecule has 1 atom stereocenters. The lowest BCUT2D eigenvalue weighted by Crippen LogP contribution is -2.47. The van der Waals surface area contributed by atoms with Gasteiger partial charge in [0, 0.05) is 18.8 Å². The summed E-state index contributed by atoms with van der Waals surface area (Å²) in [5.41, 5.74) is 0.920. The van der Waals surface area contributed by atoms with Crippen molar-refractivity contribution in [2.75, 3.05) is 26.3 Å². The molecular weight excluding hydrogens is 358 g/mol. The number of ether oxygens (including phenoxy) is 2. The van der Waals surface area contributed by atoms with Gasteiger partial charge in [0.1, 0.15) is 36.1 Å². The first kappa shape index (κ1) is 17.3. The molecule has 1 aliphatic rings. The van der Waals surface area contributed by atoms with Gasteiger partial charge in [-0.3, -0.25) is 4.79 Å². The van der Waals surface area contributed by atoms with Crippen LogP contribution in [0.4, 0.5) is 8.78 Å². The third-order valence-electron chi connectivity index (χ3n) is 4.31. The summed E-state index contributed by atoms with van der Waals surface area (Å²) in [7, 11) is 0. The number of fused-ring (bicyclic) bond motifs is 1. The fourth-order valence-corrected chi connectivity index (χ4v) is 2.95. The van der Waals surface area contributed by atoms with Gasteiger partial charge < -0.3 is 19.4 Å². The van der Waals surface area contributed by atoms with Crippen molar-refractivity contribution >= 4 is 16.9 Å². The van der Waals surface area contributed by atoms with Gasteiger partial charge in [-0.15, -0.1) is 0 Å². The molecule has 27 heavy (non-hydrogen) atoms. The number of nitrogens with one attached hydrogen (secondary N) is 1. The molecule has 1 saturated heterocycles. The molecule has 3 aromatic rings. The molecule has 0 saturated carbocycles. The van der Waals surface area contributed by atoms with E-state index in [1.54, 1.807) is 17.2 Å². The second-order valence-corrected chi connectivity index (χ2v) is 6.09. The Morgan fingerprint density at radius 2 is 2.19 bits per heavy atom. The molecule has 1 N–H and O–H groups in total. The lowest BCUT2D eigenvalue weighted by molar-refractivity contribution is -0.0402. The number of nitrogens with zero attached hydrogens (tertiary/aromatic N) is 3. The van der Waals surface area contributed by atoms with E-state index in [1.165, 1.54) is 12.4 Å². The Hall–Kier alpha value is -3.07. The van der Waals surface area contributed by atoms with Crippen LogP contribution in [0.25, 0.3) is 11.0 Å². The first-order chi connectivity index (χ1) is 13.1. The number of carbonyl (C=O) groups excluding carboxylic acids is 1. The van der Waals surface area contributed by atoms with E-state index in [4.69, 9.17) is 9.47 Å². The summed E-state index contributed by atoms with van der Waals surface area (Å²) in [6.07, 6.45) is 2.66. The van der Waals surface area contributed by atoms with E-state index < -0.39 is 11.6 Å². The number of H-pyrrole nitrogens is 1. The molecule has 0 aliphatic carbocycles. The molecule has 1 aliphatic heterocycles. The topological polar surface area (TPSA) is 80.3 Å². The van der Waals surface area contributed by atoms with Gasteiger partial charge >= 0.3 is 0 Å². The van der Waals surface area contributed by atoms with E-state index in [-0.39, 0.29) is 24.4 Å². The molecule has 0 bridgehead atoms. The second-order valence-electron chi connectivity index (χ2n) is 6.09. The second kappa shape index (κ2) is 7.28. The number of carbonyl (C=O) groups is 1. The van der Waals surface area contributed by atoms with Crippen molar-refractivity contribution in [3.05, 3.63) is 54.1 Å². The minimum Gasteiger partial charge on any atom is -0.491 e. The summed E-state index contributed by atoms with van der Waals surface area (Å²) < 4.78 is 37.3. The molecule has 9 heteroatoms. The summed E-state index contributed by atoms with van der Waals surface area (Å²) in [5.74, 6) is -1.93. The maximum absolute atomic E-state index is 13.2. The van der Waals surface area contributed by atoms with Crippen LogP contribution in [-0.4, -0.2) is 58.2 Å². The first-order valence-electron chi connectivity index (χ1n) is 8.38. The normalized spacial score (nSPS) is 17.3. The van der Waals surface area contributed by atoms with E-state index in [0.29, 0.717) is 36.4 Å². The fourth-order valence-electron chi connectivity index (χ4n) is 2.95. The molecule has 1 amide bonds. The third kappa shape index (κ3) is 3.59. The third-order valence-corrected chi connectivity index (χ3v) is 4.31. The van der Waals surface area contributed by atoms with Crippen LogP contribution in [0, 0.1) is 11.6 Å². The van der Waals surface area contributed by atoms with Crippen molar-refractivity contribution in [2.24, 2.45) is 0 Å². The molecule has 140 valence electrons. The van der Waals surface area contributed by atoms with E-state index in [1.807, 2.05) is 0 Å². The Balaban J connectivity index is 1.42. The zero-order valence-electron chi connectivity index (χ0n) is 14.2. The van der Waals surface area contributed by atoms with Crippen LogP contribution >= 0.6 is 0 Å². The summed E-state index contributed by atoms with van der Waals surface area (Å²) in [4.78, 5) is 25.6. The van der Waals surface area contributed by atoms with E-state index in [0.717, 1.165) is 12.1 Å². The van der Waals surface area contributed by atoms with Crippen LogP contribution in [0.5, 0.6) is 5.75 Å². The van der Waals surface area contributed by atoms with Gasteiger partial charge in [0.15, 0.2) is 11.6 Å². The Bertz CT molecular complexity index is 978. The fraction of sp³-hybridized carbons (Fsp3) is 0.278. The number of benzene rings is 1. The minimum atomic E-state index is -0.979. The highest BCUT2D eigenvalue weighted by molar-refractivity contribution is 6.03. The number of hydrogen-bond acceptors (Lipinski definition) is 5. The van der Waals surface area contributed by atoms with E-state index >= 15 is 0 Å². The van der Waals surface area contributed by atoms with Gasteiger partial charge in [0.2, 0.25) is 0 Å². The van der Waals surface area contributed by atoms with Crippen LogP contribution in [0.1, 0.15) is 10.5 Å². The van der Waals surface area contributed by atoms with Crippen LogP contribution in [0.15, 0.2) is 36.8 Å². The van der Waals surface area contributed by atoms with Crippen molar-refractivity contribution in [2.45, 2.75) is 6.10 Å². The molecule has 1 fully saturated rings. The van der Waals surface area contributed by atoms with E-state index in [9.17, 15) is 13.6 Å². The standard InChI is InChI=1S/C18H16F2N4O3/c19-14-2-1-11(7-15(14)20)27-9-12-8-24(5-6-26-12)18(25)16-13-3-4-21-17(13)23-10-22-16/h1-4,7,10,12H,5-6,8-9H2,(H,21,22,23). The summed E-state index contributed by atoms with van der Waals surface area (Å²) in [6.45, 7) is 1.19. The maximum atomic E-state index is 13.2. The van der Waals surface area contributed by atoms with Crippen molar-refractivity contribution in [1.82, 2.24) is 19.9 Å². The average molecular weight is 374 g/mol. The number of hydrogen-bond donors (Lipinski definition) is 1. The van der Waals surface area contributed by atoms with Crippen LogP contribution in [0.2, 0.25) is 0 Å². The van der Waals surface area contributed by atoms with Crippen molar-refractivity contribution < 1.29 is 23.0 Å². The van der Waals surface area contributed by atoms with E-state index in [2.05, 4.69) is 15.0 Å². The zero-order chi connectivity index (χ0) is 18.8. The number of rotatable bonds is 4. The highest BCUT2D eigenvalue weighted by atomic mass is 19.2. The van der Waals surface area contributed by atoms with Crippen molar-refractivity contribution in [1.29, 1.82) is 0 Å². The van der Waals surface area contributed by atoms with Gasteiger partial charge in [-0.05, 0) is 18.2 Å². The molecule has 1 aromatic carbocycles. The van der Waals surface area contributed by atoms with Gasteiger partial charge in [0.05, 0.1) is 18.5 Å². The molecule has 4 rings (SSSR count). The van der Waals surface area contributed by atoms with Crippen LogP contribution in [0.3, 0.4) is 0 Å². The van der Waals surface area contributed by atoms with Gasteiger partial charge in [-0.1, -0.05) is 0 Å². The largest absolute Gasteiger partial charge is 0.491 e. The lowest BCUT2D eigenvalue weighted by atomic mass is 10.2. The van der Waals surface area contributed by atoms with Crippen molar-refractivity contribution in [3.63, 3.8) is 0 Å². The Morgan fingerprint density at radius 3 is 3.04 bits per heavy atom. The quantitative estimate of drug-likeness (QED) is 0.757. The molecule has 7 nitrogen and oxygen atoms in total. The molecular formula is C18H16F2N4O3. The minimum absolute atomic E-state index is 0.109. The maximum Gasteiger partial charge on any atom is 0.273 e. The smallest absolute Gasteiger partial charge is 0.273 e. The van der Waals surface area contributed by atoms with Crippen LogP contribution in [-0.2, 0) is 4.74 Å². The zero-order valence-corrected chi connectivity index (χ0v) is 14.2. The Morgan fingerprint density at radius 1 is 1.30 bits per heavy atom. The first-order valence-corrected chi connectivity index (χ1v) is 8.38. The highest BCUT2D eigenvalue weighted by Gasteiger charge is 2.27. The highest BCUT2D eigenvalue weighted by Crippen LogP contribution is 2.19. The molecule has 3 heterocycles. The van der Waals surface area contributed by atoms with Gasteiger partial charge in [-0.25, -0.2) is 18.7 Å². The monoisotopic (exact) mass is 374 g/mol. The summed E-state index contributed by atoms with van der Waals surface area (Å²) in [6, 6.07) is 5.07. The SMILES string of the molecule is O=C(c1ncnc2[nH]ccc12)N1CCOC(COc2ccc(F)c(F)c2)C1. The number of aromatic nitrogens is 3.